The molecule has 0 bridgehead atoms. The average molecular weight is 217 g/mol. The fraction of sp³-hybridized carbons (Fsp3) is 0.800. The first kappa shape index (κ1) is 14.1. The fourth-order valence-electron chi connectivity index (χ4n) is 0.955. The molecule has 0 radical (unpaired) electrons. The second kappa shape index (κ2) is 9.61. The van der Waals surface area contributed by atoms with Gasteiger partial charge >= 0.3 is 0 Å². The molecule has 88 valence electrons. The summed E-state index contributed by atoms with van der Waals surface area (Å²) in [7, 11) is 0. The molecule has 5 heteroatoms. The molecule has 0 fully saturated rings. The van der Waals surface area contributed by atoms with Crippen LogP contribution in [0.25, 0.3) is 0 Å². The van der Waals surface area contributed by atoms with Crippen molar-refractivity contribution in [3.63, 3.8) is 0 Å². The third-order valence-corrected chi connectivity index (χ3v) is 1.60. The van der Waals surface area contributed by atoms with Crippen molar-refractivity contribution in [1.82, 2.24) is 0 Å². The second-order valence-electron chi connectivity index (χ2n) is 3.21. The predicted octanol–water partition coefficient (Wildman–Crippen LogP) is 0.264. The average Bonchev–Trinajstić information content (AvgIpc) is 2.17. The lowest BCUT2D eigenvalue weighted by Gasteiger charge is -2.02. The summed E-state index contributed by atoms with van der Waals surface area (Å²) in [6.45, 7) is 3.11. The van der Waals surface area contributed by atoms with Gasteiger partial charge in [-0.2, -0.15) is 0 Å². The molecule has 5 nitrogen and oxygen atoms in total. The van der Waals surface area contributed by atoms with Gasteiger partial charge in [-0.1, -0.05) is 6.92 Å². The van der Waals surface area contributed by atoms with E-state index in [0.29, 0.717) is 19.4 Å². The smallest absolute Gasteiger partial charge is 0.243 e. The number of Topliss-reactive ketones (excluding diaryl/α,β-unsaturated/α-hetero) is 1. The zero-order chi connectivity index (χ0) is 11.5. The molecule has 15 heavy (non-hydrogen) atoms. The van der Waals surface area contributed by atoms with Gasteiger partial charge < -0.3 is 15.2 Å². The number of primary amides is 1. The summed E-state index contributed by atoms with van der Waals surface area (Å²) in [5.41, 5.74) is 4.84. The van der Waals surface area contributed by atoms with Gasteiger partial charge in [-0.15, -0.1) is 0 Å². The van der Waals surface area contributed by atoms with E-state index >= 15 is 0 Å². The van der Waals surface area contributed by atoms with Crippen LogP contribution in [-0.4, -0.2) is 38.1 Å². The first-order valence-corrected chi connectivity index (χ1v) is 5.12. The third kappa shape index (κ3) is 11.0. The van der Waals surface area contributed by atoms with E-state index in [0.717, 1.165) is 13.0 Å². The molecule has 1 amide bonds. The zero-order valence-corrected chi connectivity index (χ0v) is 9.16. The highest BCUT2D eigenvalue weighted by molar-refractivity contribution is 5.80. The zero-order valence-electron chi connectivity index (χ0n) is 9.16. The number of hydrogen-bond acceptors (Lipinski definition) is 4. The van der Waals surface area contributed by atoms with Gasteiger partial charge in [-0.3, -0.25) is 9.59 Å². The maximum absolute atomic E-state index is 11.1. The lowest BCUT2D eigenvalue weighted by Crippen LogP contribution is -2.21. The molecule has 0 aromatic rings. The molecule has 0 saturated carbocycles. The maximum Gasteiger partial charge on any atom is 0.243 e. The molecule has 0 aliphatic heterocycles. The number of ether oxygens (including phenoxy) is 2. The molecule has 0 spiro atoms. The van der Waals surface area contributed by atoms with Crippen LogP contribution in [0.15, 0.2) is 0 Å². The van der Waals surface area contributed by atoms with Gasteiger partial charge in [0.25, 0.3) is 0 Å². The molecule has 0 aliphatic carbocycles. The van der Waals surface area contributed by atoms with Crippen LogP contribution in [0, 0.1) is 0 Å². The molecular weight excluding hydrogens is 198 g/mol. The first-order valence-electron chi connectivity index (χ1n) is 5.12. The minimum atomic E-state index is -0.561. The van der Waals surface area contributed by atoms with Crippen LogP contribution in [0.2, 0.25) is 0 Å². The molecule has 0 heterocycles. The van der Waals surface area contributed by atoms with E-state index in [-0.39, 0.29) is 19.0 Å². The molecule has 0 saturated heterocycles. The van der Waals surface area contributed by atoms with Gasteiger partial charge in [0, 0.05) is 19.6 Å². The molecule has 0 aromatic heterocycles. The largest absolute Gasteiger partial charge is 0.381 e. The van der Waals surface area contributed by atoms with Gasteiger partial charge in [0.15, 0.2) is 5.78 Å². The van der Waals surface area contributed by atoms with Gasteiger partial charge in [0.1, 0.15) is 13.2 Å². The van der Waals surface area contributed by atoms with Crippen molar-refractivity contribution in [3.05, 3.63) is 0 Å². The topological polar surface area (TPSA) is 78.6 Å². The number of rotatable bonds is 10. The second-order valence-corrected chi connectivity index (χ2v) is 3.21. The summed E-state index contributed by atoms with van der Waals surface area (Å²) < 4.78 is 9.98. The van der Waals surface area contributed by atoms with Crippen molar-refractivity contribution < 1.29 is 19.1 Å². The Morgan fingerprint density at radius 2 is 1.87 bits per heavy atom. The van der Waals surface area contributed by atoms with Crippen molar-refractivity contribution in [2.24, 2.45) is 5.73 Å². The quantitative estimate of drug-likeness (QED) is 0.532. The van der Waals surface area contributed by atoms with E-state index < -0.39 is 5.91 Å². The third-order valence-electron chi connectivity index (χ3n) is 1.60. The van der Waals surface area contributed by atoms with E-state index in [2.05, 4.69) is 0 Å². The first-order chi connectivity index (χ1) is 7.16. The minimum absolute atomic E-state index is 0.0312. The van der Waals surface area contributed by atoms with E-state index in [4.69, 9.17) is 15.2 Å². The Hall–Kier alpha value is -0.940. The highest BCUT2D eigenvalue weighted by Crippen LogP contribution is 1.93. The number of hydrogen-bond donors (Lipinski definition) is 1. The van der Waals surface area contributed by atoms with Crippen molar-refractivity contribution in [2.75, 3.05) is 26.4 Å². The van der Waals surface area contributed by atoms with Gasteiger partial charge in [-0.25, -0.2) is 0 Å². The van der Waals surface area contributed by atoms with E-state index in [9.17, 15) is 9.59 Å². The summed E-state index contributed by atoms with van der Waals surface area (Å²) in [6.07, 6.45) is 2.09. The summed E-state index contributed by atoms with van der Waals surface area (Å²) in [6, 6.07) is 0. The Labute approximate surface area is 89.9 Å². The van der Waals surface area contributed by atoms with Crippen molar-refractivity contribution in [3.8, 4) is 0 Å². The highest BCUT2D eigenvalue weighted by Gasteiger charge is 2.03. The normalized spacial score (nSPS) is 10.2. The lowest BCUT2D eigenvalue weighted by atomic mass is 10.2. The lowest BCUT2D eigenvalue weighted by molar-refractivity contribution is -0.128. The van der Waals surface area contributed by atoms with E-state index in [1.54, 1.807) is 0 Å². The maximum atomic E-state index is 11.1. The Bertz CT molecular complexity index is 194. The summed E-state index contributed by atoms with van der Waals surface area (Å²) >= 11 is 0. The standard InChI is InChI=1S/C10H19NO4/c1-2-5-14-6-3-4-9(12)7-15-8-10(11)13/h2-8H2,1H3,(H2,11,13). The molecule has 0 atom stereocenters. The molecule has 0 aliphatic rings. The monoisotopic (exact) mass is 217 g/mol. The van der Waals surface area contributed by atoms with Crippen LogP contribution in [0.5, 0.6) is 0 Å². The van der Waals surface area contributed by atoms with Gasteiger partial charge in [0.2, 0.25) is 5.91 Å². The molecule has 2 N–H and O–H groups in total. The van der Waals surface area contributed by atoms with Crippen molar-refractivity contribution >= 4 is 11.7 Å². The van der Waals surface area contributed by atoms with Gasteiger partial charge in [-0.05, 0) is 12.8 Å². The SMILES string of the molecule is CCCOCCCC(=O)COCC(N)=O. The molecule has 0 aromatic carbocycles. The number of ketones is 1. The predicted molar refractivity (Wildman–Crippen MR) is 55.4 cm³/mol. The number of carbonyl (C=O) groups is 2. The van der Waals surface area contributed by atoms with Crippen LogP contribution in [0.3, 0.4) is 0 Å². The highest BCUT2D eigenvalue weighted by atomic mass is 16.5. The number of carbonyl (C=O) groups excluding carboxylic acids is 2. The fourth-order valence-corrected chi connectivity index (χ4v) is 0.955. The Kier molecular flexibility index (Phi) is 9.01. The van der Waals surface area contributed by atoms with Crippen LogP contribution in [-0.2, 0) is 19.1 Å². The van der Waals surface area contributed by atoms with Crippen LogP contribution in [0.1, 0.15) is 26.2 Å². The van der Waals surface area contributed by atoms with Crippen LogP contribution in [0.4, 0.5) is 0 Å². The molecular formula is C10H19NO4. The van der Waals surface area contributed by atoms with Gasteiger partial charge in [0.05, 0.1) is 0 Å². The Morgan fingerprint density at radius 1 is 1.13 bits per heavy atom. The van der Waals surface area contributed by atoms with Crippen LogP contribution < -0.4 is 5.73 Å². The summed E-state index contributed by atoms with van der Waals surface area (Å²) in [5, 5.41) is 0. The Morgan fingerprint density at radius 3 is 2.47 bits per heavy atom. The summed E-state index contributed by atoms with van der Waals surface area (Å²) in [4.78, 5) is 21.4. The molecule has 0 unspecified atom stereocenters. The number of amides is 1. The van der Waals surface area contributed by atoms with E-state index in [1.165, 1.54) is 0 Å². The van der Waals surface area contributed by atoms with Crippen molar-refractivity contribution in [2.45, 2.75) is 26.2 Å². The van der Waals surface area contributed by atoms with Crippen molar-refractivity contribution in [1.29, 1.82) is 0 Å². The molecule has 0 rings (SSSR count). The Balaban J connectivity index is 3.22. The number of nitrogens with two attached hydrogens (primary N) is 1. The summed E-state index contributed by atoms with van der Waals surface area (Å²) in [5.74, 6) is -0.592. The minimum Gasteiger partial charge on any atom is -0.381 e. The van der Waals surface area contributed by atoms with Crippen LogP contribution >= 0.6 is 0 Å². The van der Waals surface area contributed by atoms with E-state index in [1.807, 2.05) is 6.92 Å².